The van der Waals surface area contributed by atoms with Crippen LogP contribution in [0, 0.1) is 12.8 Å². The van der Waals surface area contributed by atoms with Crippen LogP contribution in [0.2, 0.25) is 0 Å². The molecule has 3 nitrogen and oxygen atoms in total. The van der Waals surface area contributed by atoms with E-state index in [2.05, 4.69) is 39.6 Å². The van der Waals surface area contributed by atoms with Crippen molar-refractivity contribution in [3.05, 3.63) is 28.9 Å². The molecule has 0 spiro atoms. The fourth-order valence-electron chi connectivity index (χ4n) is 3.68. The number of nitrogens with zero attached hydrogens (tertiary/aromatic N) is 2. The van der Waals surface area contributed by atoms with Crippen LogP contribution < -0.4 is 5.32 Å². The van der Waals surface area contributed by atoms with E-state index in [9.17, 15) is 0 Å². The number of pyridine rings is 1. The molecule has 0 aromatic carbocycles. The lowest BCUT2D eigenvalue weighted by Gasteiger charge is -2.31. The molecule has 2 aliphatic heterocycles. The summed E-state index contributed by atoms with van der Waals surface area (Å²) in [6, 6.07) is 4.75. The van der Waals surface area contributed by atoms with Crippen molar-refractivity contribution in [1.82, 2.24) is 15.2 Å². The second-order valence-electron chi connectivity index (χ2n) is 6.25. The molecule has 4 heterocycles. The van der Waals surface area contributed by atoms with E-state index in [0.29, 0.717) is 6.04 Å². The molecular weight excluding hydrogens is 298 g/mol. The normalized spacial score (nSPS) is 28.0. The molecule has 0 radical (unpaired) electrons. The number of hydrogen-bond acceptors (Lipinski definition) is 4. The smallest absolute Gasteiger partial charge is 0.125 e. The minimum Gasteiger partial charge on any atom is -0.370 e. The summed E-state index contributed by atoms with van der Waals surface area (Å²) in [6.45, 7) is 5.73. The number of fused-ring (bicyclic) bond motifs is 3. The van der Waals surface area contributed by atoms with Gasteiger partial charge in [0.05, 0.1) is 16.1 Å². The average molecular weight is 317 g/mol. The number of hydrogen-bond donors (Lipinski definition) is 1. The van der Waals surface area contributed by atoms with Gasteiger partial charge in [0, 0.05) is 19.1 Å². The first kappa shape index (κ1) is 13.6. The molecule has 0 amide bonds. The number of aryl methyl sites for hydroxylation is 1. The van der Waals surface area contributed by atoms with E-state index in [1.54, 1.807) is 11.3 Å². The van der Waals surface area contributed by atoms with Crippen LogP contribution in [0.15, 0.2) is 17.5 Å². The lowest BCUT2D eigenvalue weighted by molar-refractivity contribution is 0.234. The lowest BCUT2D eigenvalue weighted by Crippen LogP contribution is -2.46. The van der Waals surface area contributed by atoms with Crippen LogP contribution in [0.4, 0.5) is 0 Å². The number of thiocarbonyl (C=S) groups is 1. The molecular formula is C16H19N3S2. The fraction of sp³-hybridized carbons (Fsp3) is 0.500. The van der Waals surface area contributed by atoms with Gasteiger partial charge in [0.15, 0.2) is 0 Å². The van der Waals surface area contributed by atoms with Gasteiger partial charge in [0.1, 0.15) is 4.99 Å². The van der Waals surface area contributed by atoms with Gasteiger partial charge in [-0.05, 0) is 55.1 Å². The second-order valence-corrected chi connectivity index (χ2v) is 7.58. The molecule has 4 rings (SSSR count). The largest absolute Gasteiger partial charge is 0.370 e. The van der Waals surface area contributed by atoms with Gasteiger partial charge >= 0.3 is 0 Å². The third kappa shape index (κ3) is 2.58. The summed E-state index contributed by atoms with van der Waals surface area (Å²) in [7, 11) is 0. The molecule has 2 saturated heterocycles. The fourth-order valence-corrected chi connectivity index (χ4v) is 4.78. The van der Waals surface area contributed by atoms with Gasteiger partial charge in [0.2, 0.25) is 0 Å². The van der Waals surface area contributed by atoms with Crippen molar-refractivity contribution < 1.29 is 0 Å². The van der Waals surface area contributed by atoms with Crippen molar-refractivity contribution in [2.24, 2.45) is 5.92 Å². The Kier molecular flexibility index (Phi) is 3.44. The standard InChI is InChI=1S/C16H19N3S2/c1-10-15-12(3-5-21-15)7-14(17-10)16(20)18-13-6-11-2-4-19(8-11)9-13/h3,5,7,11,13H,2,4,6,8-9H2,1H3,(H,18,20)/t11-,13-/m1/s1. The Labute approximate surface area is 134 Å². The van der Waals surface area contributed by atoms with Crippen LogP contribution in [0.25, 0.3) is 10.1 Å². The van der Waals surface area contributed by atoms with Gasteiger partial charge in [0.25, 0.3) is 0 Å². The topological polar surface area (TPSA) is 28.2 Å². The molecule has 0 saturated carbocycles. The molecule has 0 aliphatic carbocycles. The van der Waals surface area contributed by atoms with Gasteiger partial charge < -0.3 is 10.2 Å². The zero-order valence-corrected chi connectivity index (χ0v) is 13.8. The summed E-state index contributed by atoms with van der Waals surface area (Å²) in [6.07, 6.45) is 2.60. The molecule has 1 unspecified atom stereocenters. The summed E-state index contributed by atoms with van der Waals surface area (Å²) in [4.78, 5) is 8.04. The van der Waals surface area contributed by atoms with E-state index in [-0.39, 0.29) is 0 Å². The van der Waals surface area contributed by atoms with Crippen molar-refractivity contribution in [3.63, 3.8) is 0 Å². The van der Waals surface area contributed by atoms with Crippen LogP contribution >= 0.6 is 23.6 Å². The number of aromatic nitrogens is 1. The molecule has 1 N–H and O–H groups in total. The summed E-state index contributed by atoms with van der Waals surface area (Å²) < 4.78 is 1.27. The van der Waals surface area contributed by atoms with Crippen molar-refractivity contribution >= 4 is 38.6 Å². The van der Waals surface area contributed by atoms with Crippen molar-refractivity contribution in [2.45, 2.75) is 25.8 Å². The zero-order chi connectivity index (χ0) is 14.4. The van der Waals surface area contributed by atoms with Crippen molar-refractivity contribution in [3.8, 4) is 0 Å². The van der Waals surface area contributed by atoms with Crippen LogP contribution in [0.3, 0.4) is 0 Å². The molecule has 2 aromatic heterocycles. The number of nitrogens with one attached hydrogen (secondary N) is 1. The van der Waals surface area contributed by atoms with E-state index in [1.807, 2.05) is 0 Å². The molecule has 3 atom stereocenters. The van der Waals surface area contributed by atoms with Crippen LogP contribution in [-0.4, -0.2) is 40.5 Å². The number of rotatable bonds is 2. The quantitative estimate of drug-likeness (QED) is 0.862. The summed E-state index contributed by atoms with van der Waals surface area (Å²) in [5, 5.41) is 6.92. The molecule has 2 bridgehead atoms. The molecule has 2 aromatic rings. The predicted octanol–water partition coefficient (Wildman–Crippen LogP) is 2.96. The zero-order valence-electron chi connectivity index (χ0n) is 12.1. The van der Waals surface area contributed by atoms with Gasteiger partial charge in [-0.2, -0.15) is 0 Å². The minimum absolute atomic E-state index is 0.485. The lowest BCUT2D eigenvalue weighted by atomic mass is 9.97. The van der Waals surface area contributed by atoms with Crippen molar-refractivity contribution in [2.75, 3.05) is 19.6 Å². The number of piperidine rings is 1. The van der Waals surface area contributed by atoms with Gasteiger partial charge in [-0.3, -0.25) is 0 Å². The minimum atomic E-state index is 0.485. The Morgan fingerprint density at radius 2 is 2.38 bits per heavy atom. The maximum absolute atomic E-state index is 5.61. The first-order valence-corrected chi connectivity index (χ1v) is 8.86. The third-order valence-corrected chi connectivity index (χ3v) is 6.00. The number of thiophene rings is 1. The Hall–Kier alpha value is -1.04. The molecule has 2 fully saturated rings. The highest BCUT2D eigenvalue weighted by Gasteiger charge is 2.32. The third-order valence-electron chi connectivity index (χ3n) is 4.64. The summed E-state index contributed by atoms with van der Waals surface area (Å²) in [5.74, 6) is 0.855. The van der Waals surface area contributed by atoms with Gasteiger partial charge in [-0.15, -0.1) is 11.3 Å². The Morgan fingerprint density at radius 1 is 1.48 bits per heavy atom. The highest BCUT2D eigenvalue weighted by atomic mass is 32.1. The van der Waals surface area contributed by atoms with Crippen LogP contribution in [0.5, 0.6) is 0 Å². The average Bonchev–Trinajstić information content (AvgIpc) is 3.05. The van der Waals surface area contributed by atoms with E-state index < -0.39 is 0 Å². The van der Waals surface area contributed by atoms with Gasteiger partial charge in [-0.1, -0.05) is 12.2 Å². The van der Waals surface area contributed by atoms with Crippen LogP contribution in [-0.2, 0) is 0 Å². The van der Waals surface area contributed by atoms with E-state index in [0.717, 1.165) is 28.8 Å². The second kappa shape index (κ2) is 5.30. The Morgan fingerprint density at radius 3 is 3.24 bits per heavy atom. The van der Waals surface area contributed by atoms with E-state index in [4.69, 9.17) is 12.2 Å². The van der Waals surface area contributed by atoms with Gasteiger partial charge in [-0.25, -0.2) is 4.98 Å². The monoisotopic (exact) mass is 317 g/mol. The summed E-state index contributed by atoms with van der Waals surface area (Å²) >= 11 is 7.35. The maximum Gasteiger partial charge on any atom is 0.125 e. The van der Waals surface area contributed by atoms with Crippen molar-refractivity contribution in [1.29, 1.82) is 0 Å². The Bertz CT molecular complexity index is 682. The molecule has 2 aliphatic rings. The first-order valence-electron chi connectivity index (χ1n) is 7.57. The molecule has 110 valence electrons. The Balaban J connectivity index is 1.53. The maximum atomic E-state index is 5.61. The SMILES string of the molecule is Cc1nc(C(=S)N[C@@H]2C[C@H]3CCN(C3)C2)cc2ccsc12. The summed E-state index contributed by atoms with van der Waals surface area (Å²) in [5.41, 5.74) is 2.00. The van der Waals surface area contributed by atoms with Crippen LogP contribution in [0.1, 0.15) is 24.2 Å². The van der Waals surface area contributed by atoms with E-state index in [1.165, 1.54) is 36.0 Å². The van der Waals surface area contributed by atoms with E-state index >= 15 is 0 Å². The predicted molar refractivity (Wildman–Crippen MR) is 92.1 cm³/mol. The highest BCUT2D eigenvalue weighted by molar-refractivity contribution is 7.80. The molecule has 5 heteroatoms. The first-order chi connectivity index (χ1) is 10.2. The molecule has 21 heavy (non-hydrogen) atoms. The highest BCUT2D eigenvalue weighted by Crippen LogP contribution is 2.27.